The molecule has 0 saturated carbocycles. The maximum Gasteiger partial charge on any atom is 0.0446 e. The molecule has 0 N–H and O–H groups in total. The molecule has 0 radical (unpaired) electrons. The van der Waals surface area contributed by atoms with Gasteiger partial charge in [-0.05, 0) is 24.6 Å². The second kappa shape index (κ2) is 5.62. The summed E-state index contributed by atoms with van der Waals surface area (Å²) in [6, 6.07) is 5.84. The van der Waals surface area contributed by atoms with Crippen LogP contribution < -0.4 is 0 Å². The van der Waals surface area contributed by atoms with Crippen molar-refractivity contribution >= 4 is 27.5 Å². The van der Waals surface area contributed by atoms with E-state index in [0.717, 1.165) is 15.1 Å². The zero-order valence-electron chi connectivity index (χ0n) is 6.99. The van der Waals surface area contributed by atoms with Gasteiger partial charge in [0.2, 0.25) is 0 Å². The summed E-state index contributed by atoms with van der Waals surface area (Å²) in [5.74, 6) is 0. The van der Waals surface area contributed by atoms with Gasteiger partial charge in [0.15, 0.2) is 0 Å². The molecule has 62 valence electrons. The van der Waals surface area contributed by atoms with Gasteiger partial charge in [0.1, 0.15) is 0 Å². The van der Waals surface area contributed by atoms with Gasteiger partial charge in [0.25, 0.3) is 0 Å². The van der Waals surface area contributed by atoms with Gasteiger partial charge in [-0.15, -0.1) is 0 Å². The Morgan fingerprint density at radius 3 is 2.18 bits per heavy atom. The zero-order chi connectivity index (χ0) is 8.85. The average molecular weight is 236 g/mol. The van der Waals surface area contributed by atoms with Gasteiger partial charge in [0.05, 0.1) is 0 Å². The van der Waals surface area contributed by atoms with E-state index in [2.05, 4.69) is 15.9 Å². The fourth-order valence-corrected chi connectivity index (χ4v) is 1.24. The summed E-state index contributed by atoms with van der Waals surface area (Å²) in [4.78, 5) is 0. The van der Waals surface area contributed by atoms with Crippen LogP contribution in [0.15, 0.2) is 22.7 Å². The largest absolute Gasteiger partial charge is 0.0840 e. The van der Waals surface area contributed by atoms with Crippen molar-refractivity contribution in [1.82, 2.24) is 0 Å². The molecule has 1 aromatic carbocycles. The van der Waals surface area contributed by atoms with Crippen molar-refractivity contribution in [2.24, 2.45) is 0 Å². The van der Waals surface area contributed by atoms with Gasteiger partial charge < -0.3 is 0 Å². The van der Waals surface area contributed by atoms with Gasteiger partial charge in [-0.25, -0.2) is 0 Å². The van der Waals surface area contributed by atoms with Crippen molar-refractivity contribution in [3.63, 3.8) is 0 Å². The van der Waals surface area contributed by atoms with Crippen molar-refractivity contribution < 1.29 is 0 Å². The van der Waals surface area contributed by atoms with Crippen LogP contribution in [0.3, 0.4) is 0 Å². The van der Waals surface area contributed by atoms with Gasteiger partial charge in [0, 0.05) is 9.50 Å². The molecule has 1 aromatic rings. The summed E-state index contributed by atoms with van der Waals surface area (Å²) in [5, 5.41) is 0.810. The minimum Gasteiger partial charge on any atom is -0.0840 e. The number of rotatable bonds is 0. The number of aryl methyl sites for hydroxylation is 1. The molecule has 0 atom stereocenters. The Hall–Kier alpha value is -0.0100. The van der Waals surface area contributed by atoms with Crippen LogP contribution in [-0.4, -0.2) is 0 Å². The second-order valence-electron chi connectivity index (χ2n) is 1.89. The second-order valence-corrected chi connectivity index (χ2v) is 3.22. The Kier molecular flexibility index (Phi) is 5.61. The molecule has 0 saturated heterocycles. The van der Waals surface area contributed by atoms with E-state index in [1.54, 1.807) is 0 Å². The SMILES string of the molecule is CC.Cc1ccc(Br)cc1Cl. The highest BCUT2D eigenvalue weighted by atomic mass is 79.9. The van der Waals surface area contributed by atoms with Crippen LogP contribution in [0.25, 0.3) is 0 Å². The monoisotopic (exact) mass is 234 g/mol. The molecule has 0 aliphatic heterocycles. The van der Waals surface area contributed by atoms with E-state index in [9.17, 15) is 0 Å². The number of hydrogen-bond acceptors (Lipinski definition) is 0. The lowest BCUT2D eigenvalue weighted by molar-refractivity contribution is 1.46. The Labute approximate surface area is 81.7 Å². The fourth-order valence-electron chi connectivity index (χ4n) is 0.567. The molecule has 0 nitrogen and oxygen atoms in total. The molecule has 0 unspecified atom stereocenters. The smallest absolute Gasteiger partial charge is 0.0446 e. The quantitative estimate of drug-likeness (QED) is 0.624. The van der Waals surface area contributed by atoms with Crippen molar-refractivity contribution in [2.75, 3.05) is 0 Å². The first kappa shape index (κ1) is 11.0. The Morgan fingerprint density at radius 2 is 1.82 bits per heavy atom. The van der Waals surface area contributed by atoms with Crippen molar-refractivity contribution in [3.05, 3.63) is 33.3 Å². The molecule has 0 spiro atoms. The summed E-state index contributed by atoms with van der Waals surface area (Å²) >= 11 is 9.10. The molecular weight excluding hydrogens is 223 g/mol. The lowest BCUT2D eigenvalue weighted by atomic mass is 10.2. The van der Waals surface area contributed by atoms with E-state index in [1.165, 1.54) is 0 Å². The summed E-state index contributed by atoms with van der Waals surface area (Å²) in [5.41, 5.74) is 1.11. The predicted octanol–water partition coefficient (Wildman–Crippen LogP) is 4.44. The molecule has 1 rings (SSSR count). The highest BCUT2D eigenvalue weighted by Crippen LogP contribution is 2.19. The molecule has 0 aliphatic carbocycles. The van der Waals surface area contributed by atoms with E-state index >= 15 is 0 Å². The first-order chi connectivity index (χ1) is 5.20. The van der Waals surface area contributed by atoms with Crippen LogP contribution in [0, 0.1) is 6.92 Å². The van der Waals surface area contributed by atoms with E-state index in [4.69, 9.17) is 11.6 Å². The minimum absolute atomic E-state index is 0.810. The highest BCUT2D eigenvalue weighted by molar-refractivity contribution is 9.10. The van der Waals surface area contributed by atoms with E-state index in [1.807, 2.05) is 39.0 Å². The molecule has 0 bridgehead atoms. The number of benzene rings is 1. The van der Waals surface area contributed by atoms with E-state index in [0.29, 0.717) is 0 Å². The average Bonchev–Trinajstić information content (AvgIpc) is 2.02. The van der Waals surface area contributed by atoms with Crippen LogP contribution in [0.1, 0.15) is 19.4 Å². The topological polar surface area (TPSA) is 0 Å². The van der Waals surface area contributed by atoms with Gasteiger partial charge >= 0.3 is 0 Å². The predicted molar refractivity (Wildman–Crippen MR) is 55.2 cm³/mol. The lowest BCUT2D eigenvalue weighted by Gasteiger charge is -1.95. The molecule has 0 aliphatic rings. The molecule has 0 heterocycles. The first-order valence-corrected chi connectivity index (χ1v) is 4.79. The summed E-state index contributed by atoms with van der Waals surface area (Å²) in [6.07, 6.45) is 0. The van der Waals surface area contributed by atoms with Gasteiger partial charge in [-0.3, -0.25) is 0 Å². The standard InChI is InChI=1S/C7H6BrCl.C2H6/c1-5-2-3-6(8)4-7(5)9;1-2/h2-4H,1H3;1-2H3. The summed E-state index contributed by atoms with van der Waals surface area (Å²) < 4.78 is 1.03. The van der Waals surface area contributed by atoms with Crippen LogP contribution >= 0.6 is 27.5 Å². The van der Waals surface area contributed by atoms with Crippen molar-refractivity contribution in [3.8, 4) is 0 Å². The molecule has 0 fully saturated rings. The number of halogens is 2. The van der Waals surface area contributed by atoms with Crippen LogP contribution in [0.5, 0.6) is 0 Å². The lowest BCUT2D eigenvalue weighted by Crippen LogP contribution is -1.72. The Morgan fingerprint density at radius 1 is 1.27 bits per heavy atom. The van der Waals surface area contributed by atoms with Crippen LogP contribution in [0.2, 0.25) is 5.02 Å². The van der Waals surface area contributed by atoms with Crippen molar-refractivity contribution in [2.45, 2.75) is 20.8 Å². The molecule has 0 aromatic heterocycles. The third-order valence-corrected chi connectivity index (χ3v) is 2.03. The Balaban J connectivity index is 0.000000461. The van der Waals surface area contributed by atoms with E-state index in [-0.39, 0.29) is 0 Å². The fraction of sp³-hybridized carbons (Fsp3) is 0.333. The normalized spacial score (nSPS) is 8.45. The first-order valence-electron chi connectivity index (χ1n) is 3.62. The maximum absolute atomic E-state index is 5.78. The molecule has 0 amide bonds. The zero-order valence-corrected chi connectivity index (χ0v) is 9.33. The third kappa shape index (κ3) is 3.78. The summed E-state index contributed by atoms with van der Waals surface area (Å²) in [7, 11) is 0. The van der Waals surface area contributed by atoms with Crippen LogP contribution in [-0.2, 0) is 0 Å². The third-order valence-electron chi connectivity index (χ3n) is 1.13. The van der Waals surface area contributed by atoms with Crippen LogP contribution in [0.4, 0.5) is 0 Å². The van der Waals surface area contributed by atoms with Crippen molar-refractivity contribution in [1.29, 1.82) is 0 Å². The molecule has 11 heavy (non-hydrogen) atoms. The molecule has 2 heteroatoms. The number of hydrogen-bond donors (Lipinski definition) is 0. The minimum atomic E-state index is 0.810. The summed E-state index contributed by atoms with van der Waals surface area (Å²) in [6.45, 7) is 5.98. The highest BCUT2D eigenvalue weighted by Gasteiger charge is 1.92. The molecular formula is C9H12BrCl. The maximum atomic E-state index is 5.78. The Bertz CT molecular complexity index is 221. The van der Waals surface area contributed by atoms with Gasteiger partial charge in [-0.1, -0.05) is 47.4 Å². The van der Waals surface area contributed by atoms with Gasteiger partial charge in [-0.2, -0.15) is 0 Å². The van der Waals surface area contributed by atoms with E-state index < -0.39 is 0 Å².